The molecule has 1 aliphatic rings. The van der Waals surface area contributed by atoms with Crippen molar-refractivity contribution < 1.29 is 4.74 Å². The van der Waals surface area contributed by atoms with Crippen LogP contribution in [0.2, 0.25) is 0 Å². The fraction of sp³-hybridized carbons (Fsp3) is 1.00. The van der Waals surface area contributed by atoms with E-state index in [1.54, 1.807) is 7.11 Å². The van der Waals surface area contributed by atoms with Crippen molar-refractivity contribution in [3.8, 4) is 0 Å². The third-order valence-corrected chi connectivity index (χ3v) is 2.86. The molecule has 0 spiro atoms. The molecule has 0 radical (unpaired) electrons. The molecule has 78 valence electrons. The number of hydrogen-bond donors (Lipinski definition) is 1. The van der Waals surface area contributed by atoms with Gasteiger partial charge in [-0.05, 0) is 37.5 Å². The van der Waals surface area contributed by atoms with Gasteiger partial charge in [0.25, 0.3) is 0 Å². The summed E-state index contributed by atoms with van der Waals surface area (Å²) in [6, 6.07) is 0.250. The van der Waals surface area contributed by atoms with Gasteiger partial charge in [-0.3, -0.25) is 0 Å². The Morgan fingerprint density at radius 1 is 1.31 bits per heavy atom. The van der Waals surface area contributed by atoms with Crippen LogP contribution in [0.4, 0.5) is 0 Å². The van der Waals surface area contributed by atoms with E-state index in [4.69, 9.17) is 10.5 Å². The van der Waals surface area contributed by atoms with Gasteiger partial charge in [-0.2, -0.15) is 0 Å². The van der Waals surface area contributed by atoms with Crippen LogP contribution in [0.3, 0.4) is 0 Å². The van der Waals surface area contributed by atoms with E-state index in [1.807, 2.05) is 0 Å². The third-order valence-electron chi connectivity index (χ3n) is 2.86. The normalized spacial score (nSPS) is 21.9. The Balaban J connectivity index is 2.22. The van der Waals surface area contributed by atoms with E-state index in [-0.39, 0.29) is 6.04 Å². The molecule has 1 aliphatic carbocycles. The van der Waals surface area contributed by atoms with Gasteiger partial charge in [-0.15, -0.1) is 0 Å². The molecule has 1 fully saturated rings. The molecule has 1 rings (SSSR count). The second-order valence-corrected chi connectivity index (χ2v) is 4.67. The molecule has 2 unspecified atom stereocenters. The Morgan fingerprint density at radius 2 is 1.92 bits per heavy atom. The fourth-order valence-corrected chi connectivity index (χ4v) is 1.83. The van der Waals surface area contributed by atoms with Crippen LogP contribution in [0, 0.1) is 11.8 Å². The third kappa shape index (κ3) is 3.65. The monoisotopic (exact) mass is 185 g/mol. The van der Waals surface area contributed by atoms with Crippen molar-refractivity contribution in [1.82, 2.24) is 0 Å². The van der Waals surface area contributed by atoms with Crippen LogP contribution in [-0.2, 0) is 4.74 Å². The lowest BCUT2D eigenvalue weighted by atomic mass is 9.98. The molecular formula is C11H23NO. The van der Waals surface area contributed by atoms with Crippen molar-refractivity contribution in [2.24, 2.45) is 17.6 Å². The minimum atomic E-state index is 0.250. The van der Waals surface area contributed by atoms with Crippen LogP contribution < -0.4 is 5.73 Å². The summed E-state index contributed by atoms with van der Waals surface area (Å²) >= 11 is 0. The quantitative estimate of drug-likeness (QED) is 0.688. The first kappa shape index (κ1) is 11.0. The zero-order valence-corrected chi connectivity index (χ0v) is 9.12. The van der Waals surface area contributed by atoms with Gasteiger partial charge >= 0.3 is 0 Å². The number of methoxy groups -OCH3 is 1. The van der Waals surface area contributed by atoms with Crippen LogP contribution in [-0.4, -0.2) is 19.3 Å². The smallest absolute Gasteiger partial charge is 0.0750 e. The predicted octanol–water partition coefficient (Wildman–Crippen LogP) is 2.17. The maximum absolute atomic E-state index is 6.09. The van der Waals surface area contributed by atoms with E-state index in [9.17, 15) is 0 Å². The van der Waals surface area contributed by atoms with Crippen molar-refractivity contribution in [3.63, 3.8) is 0 Å². The highest BCUT2D eigenvalue weighted by Gasteiger charge is 2.34. The number of nitrogens with two attached hydrogens (primary N) is 1. The largest absolute Gasteiger partial charge is 0.380 e. The zero-order chi connectivity index (χ0) is 9.84. The Hall–Kier alpha value is -0.0800. The van der Waals surface area contributed by atoms with Crippen molar-refractivity contribution in [3.05, 3.63) is 0 Å². The Morgan fingerprint density at radius 3 is 2.31 bits per heavy atom. The summed E-state index contributed by atoms with van der Waals surface area (Å²) < 4.78 is 5.44. The highest BCUT2D eigenvalue weighted by Crippen LogP contribution is 2.36. The molecule has 0 aliphatic heterocycles. The molecule has 0 bridgehead atoms. The molecule has 2 atom stereocenters. The first-order valence-corrected chi connectivity index (χ1v) is 5.43. The predicted molar refractivity (Wildman–Crippen MR) is 55.6 cm³/mol. The van der Waals surface area contributed by atoms with Crippen LogP contribution in [0.5, 0.6) is 0 Å². The SMILES string of the molecule is COC(C(N)CCC(C)C)C1CC1. The highest BCUT2D eigenvalue weighted by molar-refractivity contribution is 4.88. The maximum atomic E-state index is 6.09. The van der Waals surface area contributed by atoms with Gasteiger partial charge < -0.3 is 10.5 Å². The van der Waals surface area contributed by atoms with Gasteiger partial charge in [0.15, 0.2) is 0 Å². The lowest BCUT2D eigenvalue weighted by molar-refractivity contribution is 0.0587. The summed E-state index contributed by atoms with van der Waals surface area (Å²) in [6.07, 6.45) is 5.26. The molecule has 13 heavy (non-hydrogen) atoms. The standard InChI is InChI=1S/C11H23NO/c1-8(2)4-7-10(12)11(13-3)9-5-6-9/h8-11H,4-7,12H2,1-3H3. The molecule has 2 nitrogen and oxygen atoms in total. The molecular weight excluding hydrogens is 162 g/mol. The molecule has 2 N–H and O–H groups in total. The second kappa shape index (κ2) is 4.97. The van der Waals surface area contributed by atoms with Gasteiger partial charge in [0, 0.05) is 13.2 Å². The van der Waals surface area contributed by atoms with Gasteiger partial charge in [0.2, 0.25) is 0 Å². The van der Waals surface area contributed by atoms with Gasteiger partial charge in [-0.25, -0.2) is 0 Å². The van der Waals surface area contributed by atoms with E-state index in [0.717, 1.165) is 18.3 Å². The second-order valence-electron chi connectivity index (χ2n) is 4.67. The van der Waals surface area contributed by atoms with Gasteiger partial charge in [0.05, 0.1) is 6.10 Å². The fourth-order valence-electron chi connectivity index (χ4n) is 1.83. The van der Waals surface area contributed by atoms with Crippen molar-refractivity contribution in [1.29, 1.82) is 0 Å². The molecule has 0 amide bonds. The zero-order valence-electron chi connectivity index (χ0n) is 9.12. The lowest BCUT2D eigenvalue weighted by Gasteiger charge is -2.22. The van der Waals surface area contributed by atoms with Crippen LogP contribution >= 0.6 is 0 Å². The molecule has 0 heterocycles. The molecule has 0 aromatic heterocycles. The van der Waals surface area contributed by atoms with E-state index in [1.165, 1.54) is 19.3 Å². The molecule has 0 aromatic carbocycles. The van der Waals surface area contributed by atoms with Crippen LogP contribution in [0.1, 0.15) is 39.5 Å². The van der Waals surface area contributed by atoms with Crippen LogP contribution in [0.25, 0.3) is 0 Å². The van der Waals surface area contributed by atoms with Gasteiger partial charge in [-0.1, -0.05) is 13.8 Å². The van der Waals surface area contributed by atoms with Crippen molar-refractivity contribution in [2.75, 3.05) is 7.11 Å². The Kier molecular flexibility index (Phi) is 4.20. The molecule has 0 aromatic rings. The van der Waals surface area contributed by atoms with Crippen molar-refractivity contribution >= 4 is 0 Å². The summed E-state index contributed by atoms with van der Waals surface area (Å²) in [7, 11) is 1.79. The summed E-state index contributed by atoms with van der Waals surface area (Å²) in [5.74, 6) is 1.51. The minimum Gasteiger partial charge on any atom is -0.380 e. The molecule has 0 saturated heterocycles. The van der Waals surface area contributed by atoms with E-state index >= 15 is 0 Å². The molecule has 1 saturated carbocycles. The van der Waals surface area contributed by atoms with Crippen LogP contribution in [0.15, 0.2) is 0 Å². The topological polar surface area (TPSA) is 35.2 Å². The average Bonchev–Trinajstić information content (AvgIpc) is 2.86. The average molecular weight is 185 g/mol. The summed E-state index contributed by atoms with van der Waals surface area (Å²) in [5, 5.41) is 0. The maximum Gasteiger partial charge on any atom is 0.0750 e. The highest BCUT2D eigenvalue weighted by atomic mass is 16.5. The van der Waals surface area contributed by atoms with E-state index in [0.29, 0.717) is 6.10 Å². The number of hydrogen-bond acceptors (Lipinski definition) is 2. The first-order chi connectivity index (χ1) is 6.15. The number of rotatable bonds is 6. The van der Waals surface area contributed by atoms with Crippen molar-refractivity contribution in [2.45, 2.75) is 51.7 Å². The summed E-state index contributed by atoms with van der Waals surface area (Å²) in [6.45, 7) is 4.48. The lowest BCUT2D eigenvalue weighted by Crippen LogP contribution is -2.37. The Bertz CT molecular complexity index is 143. The number of ether oxygens (including phenoxy) is 1. The molecule has 2 heteroatoms. The summed E-state index contributed by atoms with van der Waals surface area (Å²) in [5.41, 5.74) is 6.09. The van der Waals surface area contributed by atoms with E-state index in [2.05, 4.69) is 13.8 Å². The Labute approximate surface area is 81.8 Å². The minimum absolute atomic E-state index is 0.250. The first-order valence-electron chi connectivity index (χ1n) is 5.43. The summed E-state index contributed by atoms with van der Waals surface area (Å²) in [4.78, 5) is 0. The van der Waals surface area contributed by atoms with Gasteiger partial charge in [0.1, 0.15) is 0 Å². The van der Waals surface area contributed by atoms with E-state index < -0.39 is 0 Å².